The molecule has 0 bridgehead atoms. The molecule has 3 unspecified atom stereocenters. The molecule has 2 N–H and O–H groups in total. The first-order valence-electron chi connectivity index (χ1n) is 5.88. The van der Waals surface area contributed by atoms with Crippen molar-refractivity contribution in [2.45, 2.75) is 44.4 Å². The SMILES string of the molecule is CNC1CCNC2CCC(C(C)=O)N2C1=O. The van der Waals surface area contributed by atoms with Gasteiger partial charge in [0.2, 0.25) is 5.91 Å². The van der Waals surface area contributed by atoms with E-state index in [-0.39, 0.29) is 29.9 Å². The first-order valence-corrected chi connectivity index (χ1v) is 5.88. The van der Waals surface area contributed by atoms with Crippen molar-refractivity contribution in [1.82, 2.24) is 15.5 Å². The zero-order valence-electron chi connectivity index (χ0n) is 9.82. The molecule has 2 aliphatic heterocycles. The molecule has 2 heterocycles. The summed E-state index contributed by atoms with van der Waals surface area (Å²) in [5.41, 5.74) is 0. The summed E-state index contributed by atoms with van der Waals surface area (Å²) in [5, 5.41) is 6.36. The van der Waals surface area contributed by atoms with Gasteiger partial charge in [-0.2, -0.15) is 0 Å². The first-order chi connectivity index (χ1) is 7.65. The third-order valence-electron chi connectivity index (χ3n) is 3.57. The molecule has 2 saturated heterocycles. The second kappa shape index (κ2) is 4.51. The Morgan fingerprint density at radius 1 is 1.44 bits per heavy atom. The maximum absolute atomic E-state index is 12.2. The van der Waals surface area contributed by atoms with Crippen LogP contribution in [0.3, 0.4) is 0 Å². The topological polar surface area (TPSA) is 61.4 Å². The number of hydrogen-bond acceptors (Lipinski definition) is 4. The summed E-state index contributed by atoms with van der Waals surface area (Å²) in [6.45, 7) is 2.39. The molecule has 5 heteroatoms. The molecule has 16 heavy (non-hydrogen) atoms. The molecule has 0 aliphatic carbocycles. The molecule has 0 saturated carbocycles. The lowest BCUT2D eigenvalue weighted by atomic mass is 10.1. The van der Waals surface area contributed by atoms with Crippen molar-refractivity contribution in [2.75, 3.05) is 13.6 Å². The first kappa shape index (κ1) is 11.5. The number of fused-ring (bicyclic) bond motifs is 1. The van der Waals surface area contributed by atoms with E-state index in [9.17, 15) is 9.59 Å². The van der Waals surface area contributed by atoms with E-state index < -0.39 is 0 Å². The van der Waals surface area contributed by atoms with Crippen LogP contribution in [0.1, 0.15) is 26.2 Å². The van der Waals surface area contributed by atoms with Gasteiger partial charge in [-0.1, -0.05) is 0 Å². The van der Waals surface area contributed by atoms with E-state index in [1.54, 1.807) is 18.9 Å². The number of amides is 1. The van der Waals surface area contributed by atoms with Crippen LogP contribution < -0.4 is 10.6 Å². The largest absolute Gasteiger partial charge is 0.316 e. The summed E-state index contributed by atoms with van der Waals surface area (Å²) in [4.78, 5) is 25.5. The molecule has 2 fully saturated rings. The number of likely N-dealkylation sites (N-methyl/N-ethyl adjacent to an activating group) is 1. The fraction of sp³-hybridized carbons (Fsp3) is 0.818. The fourth-order valence-corrected chi connectivity index (χ4v) is 2.68. The van der Waals surface area contributed by atoms with Crippen molar-refractivity contribution in [3.63, 3.8) is 0 Å². The van der Waals surface area contributed by atoms with E-state index in [0.717, 1.165) is 25.8 Å². The van der Waals surface area contributed by atoms with Crippen molar-refractivity contribution in [2.24, 2.45) is 0 Å². The van der Waals surface area contributed by atoms with E-state index in [0.29, 0.717) is 0 Å². The van der Waals surface area contributed by atoms with Crippen LogP contribution in [-0.2, 0) is 9.59 Å². The molecule has 2 rings (SSSR count). The summed E-state index contributed by atoms with van der Waals surface area (Å²) >= 11 is 0. The Morgan fingerprint density at radius 2 is 2.19 bits per heavy atom. The van der Waals surface area contributed by atoms with Crippen molar-refractivity contribution in [3.8, 4) is 0 Å². The number of ketones is 1. The van der Waals surface area contributed by atoms with Gasteiger partial charge in [0.25, 0.3) is 0 Å². The lowest BCUT2D eigenvalue weighted by molar-refractivity contribution is -0.140. The Hall–Kier alpha value is -0.940. The average Bonchev–Trinajstić information content (AvgIpc) is 2.61. The van der Waals surface area contributed by atoms with Gasteiger partial charge in [-0.25, -0.2) is 0 Å². The minimum absolute atomic E-state index is 0.0553. The molecule has 0 spiro atoms. The van der Waals surface area contributed by atoms with E-state index >= 15 is 0 Å². The second-order valence-corrected chi connectivity index (χ2v) is 4.55. The summed E-state index contributed by atoms with van der Waals surface area (Å²) < 4.78 is 0. The molecule has 0 aromatic rings. The van der Waals surface area contributed by atoms with Crippen LogP contribution in [0.15, 0.2) is 0 Å². The minimum atomic E-state index is -0.223. The highest BCUT2D eigenvalue weighted by molar-refractivity contribution is 5.90. The lowest BCUT2D eigenvalue weighted by Gasteiger charge is -2.29. The standard InChI is InChI=1S/C11H19N3O2/c1-7(15)9-3-4-10-13-6-5-8(12-2)11(16)14(9)10/h8-10,12-13H,3-6H2,1-2H3. The quantitative estimate of drug-likeness (QED) is 0.663. The normalized spacial score (nSPS) is 34.8. The zero-order chi connectivity index (χ0) is 11.7. The van der Waals surface area contributed by atoms with Crippen molar-refractivity contribution in [3.05, 3.63) is 0 Å². The molecule has 0 radical (unpaired) electrons. The maximum Gasteiger partial charge on any atom is 0.241 e. The molecule has 0 aromatic heterocycles. The Bertz CT molecular complexity index is 306. The average molecular weight is 225 g/mol. The number of Topliss-reactive ketones (excluding diaryl/α,β-unsaturated/α-hetero) is 1. The second-order valence-electron chi connectivity index (χ2n) is 4.55. The van der Waals surface area contributed by atoms with E-state index in [1.807, 2.05) is 0 Å². The molecule has 1 amide bonds. The lowest BCUT2D eigenvalue weighted by Crippen LogP contribution is -2.52. The van der Waals surface area contributed by atoms with Crippen LogP contribution in [0.4, 0.5) is 0 Å². The van der Waals surface area contributed by atoms with Crippen LogP contribution >= 0.6 is 0 Å². The molecular weight excluding hydrogens is 206 g/mol. The Labute approximate surface area is 95.6 Å². The Balaban J connectivity index is 2.22. The number of rotatable bonds is 2. The predicted molar refractivity (Wildman–Crippen MR) is 59.8 cm³/mol. The van der Waals surface area contributed by atoms with Gasteiger partial charge in [0.15, 0.2) is 5.78 Å². The van der Waals surface area contributed by atoms with E-state index in [1.165, 1.54) is 0 Å². The van der Waals surface area contributed by atoms with Gasteiger partial charge in [-0.3, -0.25) is 14.9 Å². The third-order valence-corrected chi connectivity index (χ3v) is 3.57. The Kier molecular flexibility index (Phi) is 3.25. The molecule has 90 valence electrons. The number of nitrogens with one attached hydrogen (secondary N) is 2. The molecule has 0 aromatic carbocycles. The van der Waals surface area contributed by atoms with Gasteiger partial charge in [-0.05, 0) is 39.8 Å². The predicted octanol–water partition coefficient (Wildman–Crippen LogP) is -0.526. The smallest absolute Gasteiger partial charge is 0.241 e. The van der Waals surface area contributed by atoms with Crippen LogP contribution in [0.5, 0.6) is 0 Å². The number of nitrogens with zero attached hydrogens (tertiary/aromatic N) is 1. The van der Waals surface area contributed by atoms with Crippen molar-refractivity contribution >= 4 is 11.7 Å². The maximum atomic E-state index is 12.2. The van der Waals surface area contributed by atoms with Crippen molar-refractivity contribution < 1.29 is 9.59 Å². The molecule has 5 nitrogen and oxygen atoms in total. The summed E-state index contributed by atoms with van der Waals surface area (Å²) in [7, 11) is 1.79. The third kappa shape index (κ3) is 1.85. The van der Waals surface area contributed by atoms with Crippen LogP contribution in [-0.4, -0.2) is 48.4 Å². The fourth-order valence-electron chi connectivity index (χ4n) is 2.68. The van der Waals surface area contributed by atoms with Gasteiger partial charge in [0.05, 0.1) is 18.2 Å². The summed E-state index contributed by atoms with van der Waals surface area (Å²) in [6.07, 6.45) is 2.51. The zero-order valence-corrected chi connectivity index (χ0v) is 9.82. The highest BCUT2D eigenvalue weighted by Gasteiger charge is 2.42. The van der Waals surface area contributed by atoms with Crippen LogP contribution in [0.25, 0.3) is 0 Å². The Morgan fingerprint density at radius 3 is 2.81 bits per heavy atom. The molecule has 2 aliphatic rings. The van der Waals surface area contributed by atoms with Crippen LogP contribution in [0.2, 0.25) is 0 Å². The number of carbonyl (C=O) groups excluding carboxylic acids is 2. The summed E-state index contributed by atoms with van der Waals surface area (Å²) in [6, 6.07) is -0.378. The minimum Gasteiger partial charge on any atom is -0.316 e. The highest BCUT2D eigenvalue weighted by atomic mass is 16.2. The number of hydrogen-bond donors (Lipinski definition) is 2. The monoisotopic (exact) mass is 225 g/mol. The summed E-state index contributed by atoms with van der Waals surface area (Å²) in [5.74, 6) is 0.157. The van der Waals surface area contributed by atoms with E-state index in [4.69, 9.17) is 0 Å². The van der Waals surface area contributed by atoms with Gasteiger partial charge in [0.1, 0.15) is 0 Å². The van der Waals surface area contributed by atoms with Gasteiger partial charge < -0.3 is 10.2 Å². The number of carbonyl (C=O) groups is 2. The van der Waals surface area contributed by atoms with Crippen LogP contribution in [0, 0.1) is 0 Å². The van der Waals surface area contributed by atoms with Gasteiger partial charge in [-0.15, -0.1) is 0 Å². The van der Waals surface area contributed by atoms with Gasteiger partial charge in [0, 0.05) is 0 Å². The molecule has 3 atom stereocenters. The van der Waals surface area contributed by atoms with E-state index in [2.05, 4.69) is 10.6 Å². The highest BCUT2D eigenvalue weighted by Crippen LogP contribution is 2.26. The molecular formula is C11H19N3O2. The van der Waals surface area contributed by atoms with Gasteiger partial charge >= 0.3 is 0 Å². The van der Waals surface area contributed by atoms with Crippen molar-refractivity contribution in [1.29, 1.82) is 0 Å².